The molecule has 1 N–H and O–H groups in total. The molecule has 0 spiro atoms. The van der Waals surface area contributed by atoms with E-state index < -0.39 is 0 Å². The summed E-state index contributed by atoms with van der Waals surface area (Å²) in [5, 5.41) is 2.97. The van der Waals surface area contributed by atoms with Crippen LogP contribution >= 0.6 is 0 Å². The number of nitrogens with zero attached hydrogens (tertiary/aromatic N) is 1. The molecule has 5 nitrogen and oxygen atoms in total. The molecule has 0 aliphatic heterocycles. The molecule has 122 valence electrons. The number of carbonyl (C=O) groups excluding carboxylic acids is 1. The lowest BCUT2D eigenvalue weighted by Crippen LogP contribution is -2.31. The highest BCUT2D eigenvalue weighted by Crippen LogP contribution is 2.21. The lowest BCUT2D eigenvalue weighted by molar-refractivity contribution is 0.0894. The third-order valence-corrected chi connectivity index (χ3v) is 3.61. The second-order valence-corrected chi connectivity index (χ2v) is 5.29. The Morgan fingerprint density at radius 3 is 2.83 bits per heavy atom. The maximum atomic E-state index is 12.6. The molecule has 0 saturated heterocycles. The normalized spacial score (nSPS) is 11.9. The summed E-state index contributed by atoms with van der Waals surface area (Å²) < 4.78 is 10.6. The summed E-state index contributed by atoms with van der Waals surface area (Å²) in [7, 11) is 1.60. The maximum absolute atomic E-state index is 12.6. The highest BCUT2D eigenvalue weighted by Gasteiger charge is 2.17. The van der Waals surface area contributed by atoms with Gasteiger partial charge in [-0.2, -0.15) is 0 Å². The summed E-state index contributed by atoms with van der Waals surface area (Å²) in [6.07, 6.45) is 3.31. The summed E-state index contributed by atoms with van der Waals surface area (Å²) in [6, 6.07) is 16.3. The average Bonchev–Trinajstić information content (AvgIpc) is 3.17. The molecule has 0 fully saturated rings. The Labute approximate surface area is 140 Å². The molecule has 3 aromatic rings. The van der Waals surface area contributed by atoms with Gasteiger partial charge in [-0.25, -0.2) is 0 Å². The Balaban J connectivity index is 1.79. The molecule has 0 aliphatic rings. The minimum absolute atomic E-state index is 0.184. The zero-order valence-electron chi connectivity index (χ0n) is 13.3. The van der Waals surface area contributed by atoms with Crippen LogP contribution in [0, 0.1) is 0 Å². The van der Waals surface area contributed by atoms with E-state index in [2.05, 4.69) is 10.3 Å². The number of rotatable bonds is 6. The van der Waals surface area contributed by atoms with Crippen molar-refractivity contribution in [1.82, 2.24) is 10.3 Å². The average molecular weight is 322 g/mol. The fraction of sp³-hybridized carbons (Fsp3) is 0.158. The molecule has 1 aromatic carbocycles. The van der Waals surface area contributed by atoms with Gasteiger partial charge in [0.25, 0.3) is 5.91 Å². The number of ether oxygens (including phenoxy) is 1. The molecule has 3 rings (SSSR count). The molecular weight excluding hydrogens is 304 g/mol. The molecule has 0 bridgehead atoms. The predicted molar refractivity (Wildman–Crippen MR) is 90.5 cm³/mol. The standard InChI is InChI=1S/C19H18N2O3/c1-23-13-17(16-8-2-3-10-20-16)21-19(22)15-7-4-6-14(12-15)18-9-5-11-24-18/h2-12,17H,13H2,1H3,(H,21,22)/t17-/m0/s1. The second-order valence-electron chi connectivity index (χ2n) is 5.29. The Hall–Kier alpha value is -2.92. The molecule has 0 radical (unpaired) electrons. The smallest absolute Gasteiger partial charge is 0.251 e. The molecular formula is C19H18N2O3. The first-order valence-corrected chi connectivity index (χ1v) is 7.62. The highest BCUT2D eigenvalue weighted by atomic mass is 16.5. The van der Waals surface area contributed by atoms with Gasteiger partial charge in [0.15, 0.2) is 0 Å². The van der Waals surface area contributed by atoms with Crippen LogP contribution in [0.5, 0.6) is 0 Å². The zero-order chi connectivity index (χ0) is 16.8. The Bertz CT molecular complexity index is 785. The summed E-state index contributed by atoms with van der Waals surface area (Å²) >= 11 is 0. The fourth-order valence-electron chi connectivity index (χ4n) is 2.45. The first-order chi connectivity index (χ1) is 11.8. The molecule has 2 aromatic heterocycles. The SMILES string of the molecule is COC[C@H](NC(=O)c1cccc(-c2ccco2)c1)c1ccccn1. The lowest BCUT2D eigenvalue weighted by atomic mass is 10.1. The third kappa shape index (κ3) is 3.70. The summed E-state index contributed by atoms with van der Waals surface area (Å²) in [4.78, 5) is 16.9. The summed E-state index contributed by atoms with van der Waals surface area (Å²) in [5.74, 6) is 0.541. The number of pyridine rings is 1. The van der Waals surface area contributed by atoms with Gasteiger partial charge in [-0.15, -0.1) is 0 Å². The number of methoxy groups -OCH3 is 1. The van der Waals surface area contributed by atoms with Gasteiger partial charge < -0.3 is 14.5 Å². The Kier molecular flexibility index (Phi) is 5.03. The topological polar surface area (TPSA) is 64.4 Å². The van der Waals surface area contributed by atoms with Gasteiger partial charge in [-0.1, -0.05) is 18.2 Å². The van der Waals surface area contributed by atoms with E-state index in [0.717, 1.165) is 17.0 Å². The molecule has 1 atom stereocenters. The third-order valence-electron chi connectivity index (χ3n) is 3.61. The lowest BCUT2D eigenvalue weighted by Gasteiger charge is -2.17. The maximum Gasteiger partial charge on any atom is 0.251 e. The van der Waals surface area contributed by atoms with Gasteiger partial charge in [0.1, 0.15) is 5.76 Å². The van der Waals surface area contributed by atoms with Gasteiger partial charge in [-0.3, -0.25) is 9.78 Å². The number of hydrogen-bond donors (Lipinski definition) is 1. The largest absolute Gasteiger partial charge is 0.464 e. The van der Waals surface area contributed by atoms with Crippen molar-refractivity contribution in [2.75, 3.05) is 13.7 Å². The van der Waals surface area contributed by atoms with E-state index in [-0.39, 0.29) is 11.9 Å². The quantitative estimate of drug-likeness (QED) is 0.755. The van der Waals surface area contributed by atoms with Crippen LogP contribution in [0.3, 0.4) is 0 Å². The number of aromatic nitrogens is 1. The van der Waals surface area contributed by atoms with Crippen LogP contribution in [0.4, 0.5) is 0 Å². The van der Waals surface area contributed by atoms with Crippen LogP contribution in [-0.4, -0.2) is 24.6 Å². The van der Waals surface area contributed by atoms with E-state index in [1.807, 2.05) is 42.5 Å². The van der Waals surface area contributed by atoms with Crippen molar-refractivity contribution in [3.05, 3.63) is 78.3 Å². The van der Waals surface area contributed by atoms with E-state index in [4.69, 9.17) is 9.15 Å². The number of benzene rings is 1. The van der Waals surface area contributed by atoms with Crippen LogP contribution in [0.15, 0.2) is 71.5 Å². The first kappa shape index (κ1) is 16.0. The zero-order valence-corrected chi connectivity index (χ0v) is 13.3. The number of nitrogens with one attached hydrogen (secondary N) is 1. The monoisotopic (exact) mass is 322 g/mol. The van der Waals surface area contributed by atoms with Crippen LogP contribution in [-0.2, 0) is 4.74 Å². The van der Waals surface area contributed by atoms with Gasteiger partial charge in [0.05, 0.1) is 24.6 Å². The van der Waals surface area contributed by atoms with Gasteiger partial charge in [-0.05, 0) is 36.4 Å². The van der Waals surface area contributed by atoms with Crippen molar-refractivity contribution in [2.45, 2.75) is 6.04 Å². The van der Waals surface area contributed by atoms with Gasteiger partial charge >= 0.3 is 0 Å². The van der Waals surface area contributed by atoms with Crippen LogP contribution in [0.2, 0.25) is 0 Å². The molecule has 5 heteroatoms. The number of furan rings is 1. The van der Waals surface area contributed by atoms with E-state index in [1.54, 1.807) is 31.7 Å². The fourth-order valence-corrected chi connectivity index (χ4v) is 2.45. The van der Waals surface area contributed by atoms with E-state index >= 15 is 0 Å². The van der Waals surface area contributed by atoms with E-state index in [1.165, 1.54) is 0 Å². The van der Waals surface area contributed by atoms with Crippen LogP contribution in [0.1, 0.15) is 22.1 Å². The Morgan fingerprint density at radius 1 is 1.21 bits per heavy atom. The van der Waals surface area contributed by atoms with Crippen molar-refractivity contribution >= 4 is 5.91 Å². The van der Waals surface area contributed by atoms with Crippen molar-refractivity contribution in [3.63, 3.8) is 0 Å². The minimum Gasteiger partial charge on any atom is -0.464 e. The van der Waals surface area contributed by atoms with Gasteiger partial charge in [0.2, 0.25) is 0 Å². The highest BCUT2D eigenvalue weighted by molar-refractivity contribution is 5.95. The van der Waals surface area contributed by atoms with Gasteiger partial charge in [0, 0.05) is 24.4 Å². The Morgan fingerprint density at radius 2 is 2.12 bits per heavy atom. The molecule has 0 unspecified atom stereocenters. The van der Waals surface area contributed by atoms with Crippen LogP contribution in [0.25, 0.3) is 11.3 Å². The summed E-state index contributed by atoms with van der Waals surface area (Å²) in [5.41, 5.74) is 2.17. The predicted octanol–water partition coefficient (Wildman–Crippen LogP) is 3.46. The van der Waals surface area contributed by atoms with E-state index in [0.29, 0.717) is 12.2 Å². The molecule has 24 heavy (non-hydrogen) atoms. The molecule has 0 aliphatic carbocycles. The molecule has 0 saturated carbocycles. The second kappa shape index (κ2) is 7.57. The van der Waals surface area contributed by atoms with Crippen molar-refractivity contribution in [2.24, 2.45) is 0 Å². The van der Waals surface area contributed by atoms with Crippen molar-refractivity contribution in [1.29, 1.82) is 0 Å². The molecule has 1 amide bonds. The first-order valence-electron chi connectivity index (χ1n) is 7.62. The minimum atomic E-state index is -0.309. The number of hydrogen-bond acceptors (Lipinski definition) is 4. The van der Waals surface area contributed by atoms with Crippen molar-refractivity contribution in [3.8, 4) is 11.3 Å². The summed E-state index contributed by atoms with van der Waals surface area (Å²) in [6.45, 7) is 0.348. The van der Waals surface area contributed by atoms with Crippen LogP contribution < -0.4 is 5.32 Å². The van der Waals surface area contributed by atoms with Crippen molar-refractivity contribution < 1.29 is 13.9 Å². The number of carbonyl (C=O) groups is 1. The molecule has 2 heterocycles. The van der Waals surface area contributed by atoms with E-state index in [9.17, 15) is 4.79 Å². The number of amides is 1.